The second-order valence-electron chi connectivity index (χ2n) is 3.00. The monoisotopic (exact) mass is 225 g/mol. The molecule has 0 saturated heterocycles. The molecule has 1 rings (SSSR count). The number of benzene rings is 1. The van der Waals surface area contributed by atoms with Crippen LogP contribution in [0, 0.1) is 11.6 Å². The van der Waals surface area contributed by atoms with E-state index in [0.717, 1.165) is 6.07 Å². The highest BCUT2D eigenvalue weighted by Gasteiger charge is 2.39. The molecule has 0 heterocycles. The first-order chi connectivity index (χ1) is 6.86. The predicted octanol–water partition coefficient (Wildman–Crippen LogP) is 2.57. The van der Waals surface area contributed by atoms with Crippen LogP contribution in [0.2, 0.25) is 0 Å². The summed E-state index contributed by atoms with van der Waals surface area (Å²) in [6.07, 6.45) is -4.56. The summed E-state index contributed by atoms with van der Waals surface area (Å²) in [5.74, 6) is -4.46. The second kappa shape index (κ2) is 4.14. The Kier molecular flexibility index (Phi) is 3.28. The number of nitrogens with two attached hydrogens (primary N) is 1. The molecule has 0 spiro atoms. The normalized spacial score (nSPS) is 14.0. The van der Waals surface area contributed by atoms with Crippen molar-refractivity contribution in [3.05, 3.63) is 35.4 Å². The summed E-state index contributed by atoms with van der Waals surface area (Å²) in [5.41, 5.74) is 4.57. The Balaban J connectivity index is 3.08. The topological polar surface area (TPSA) is 26.0 Å². The fourth-order valence-corrected chi connectivity index (χ4v) is 1.19. The van der Waals surface area contributed by atoms with E-state index in [1.165, 1.54) is 0 Å². The van der Waals surface area contributed by atoms with Crippen LogP contribution in [0.1, 0.15) is 11.5 Å². The molecule has 6 heteroatoms. The first-order valence-corrected chi connectivity index (χ1v) is 4.08. The SMILES string of the molecule is NCC(c1ccc(F)c(F)c1)C(F)(F)F. The number of rotatable bonds is 2. The molecule has 2 N–H and O–H groups in total. The minimum absolute atomic E-state index is 0.371. The first kappa shape index (κ1) is 11.9. The van der Waals surface area contributed by atoms with Crippen molar-refractivity contribution < 1.29 is 22.0 Å². The Labute approximate surface area is 82.7 Å². The largest absolute Gasteiger partial charge is 0.396 e. The summed E-state index contributed by atoms with van der Waals surface area (Å²) in [7, 11) is 0. The van der Waals surface area contributed by atoms with E-state index in [1.807, 2.05) is 0 Å². The molecule has 0 aliphatic rings. The summed E-state index contributed by atoms with van der Waals surface area (Å²) < 4.78 is 62.2. The van der Waals surface area contributed by atoms with E-state index in [2.05, 4.69) is 0 Å². The molecule has 0 saturated carbocycles. The van der Waals surface area contributed by atoms with Crippen molar-refractivity contribution in [1.82, 2.24) is 0 Å². The zero-order valence-electron chi connectivity index (χ0n) is 7.48. The Hall–Kier alpha value is -1.17. The van der Waals surface area contributed by atoms with Gasteiger partial charge in [0.15, 0.2) is 11.6 Å². The first-order valence-electron chi connectivity index (χ1n) is 4.08. The molecule has 0 amide bonds. The van der Waals surface area contributed by atoms with E-state index in [0.29, 0.717) is 12.1 Å². The maximum atomic E-state index is 12.7. The van der Waals surface area contributed by atoms with Crippen LogP contribution in [0.4, 0.5) is 22.0 Å². The van der Waals surface area contributed by atoms with E-state index in [1.54, 1.807) is 0 Å². The van der Waals surface area contributed by atoms with Crippen molar-refractivity contribution in [2.75, 3.05) is 6.54 Å². The van der Waals surface area contributed by atoms with E-state index in [-0.39, 0.29) is 5.56 Å². The van der Waals surface area contributed by atoms with Crippen LogP contribution >= 0.6 is 0 Å². The molecule has 0 fully saturated rings. The quantitative estimate of drug-likeness (QED) is 0.769. The third-order valence-corrected chi connectivity index (χ3v) is 1.98. The van der Waals surface area contributed by atoms with Gasteiger partial charge in [-0.2, -0.15) is 13.2 Å². The Bertz CT molecular complexity index is 347. The van der Waals surface area contributed by atoms with Gasteiger partial charge in [0.05, 0.1) is 5.92 Å². The molecule has 0 aromatic heterocycles. The van der Waals surface area contributed by atoms with Crippen LogP contribution in [0.15, 0.2) is 18.2 Å². The van der Waals surface area contributed by atoms with Gasteiger partial charge in [-0.15, -0.1) is 0 Å². The maximum Gasteiger partial charge on any atom is 0.396 e. The van der Waals surface area contributed by atoms with E-state index in [4.69, 9.17) is 5.73 Å². The molecule has 1 aromatic carbocycles. The van der Waals surface area contributed by atoms with Gasteiger partial charge in [-0.3, -0.25) is 0 Å². The highest BCUT2D eigenvalue weighted by Crippen LogP contribution is 2.34. The van der Waals surface area contributed by atoms with Gasteiger partial charge in [0.25, 0.3) is 0 Å². The molecule has 0 aliphatic carbocycles. The Morgan fingerprint density at radius 2 is 1.73 bits per heavy atom. The summed E-state index contributed by atoms with van der Waals surface area (Å²) >= 11 is 0. The summed E-state index contributed by atoms with van der Waals surface area (Å²) in [5, 5.41) is 0. The standard InChI is InChI=1S/C9H8F5N/c10-7-2-1-5(3-8(7)11)6(4-15)9(12,13)14/h1-3,6H,4,15H2. The van der Waals surface area contributed by atoms with Gasteiger partial charge < -0.3 is 5.73 Å². The van der Waals surface area contributed by atoms with Crippen molar-refractivity contribution >= 4 is 0 Å². The third-order valence-electron chi connectivity index (χ3n) is 1.98. The van der Waals surface area contributed by atoms with Gasteiger partial charge in [-0.05, 0) is 17.7 Å². The second-order valence-corrected chi connectivity index (χ2v) is 3.00. The molecule has 84 valence electrons. The van der Waals surface area contributed by atoms with E-state index in [9.17, 15) is 22.0 Å². The van der Waals surface area contributed by atoms with Gasteiger partial charge in [-0.25, -0.2) is 8.78 Å². The average Bonchev–Trinajstić information content (AvgIpc) is 2.10. The van der Waals surface area contributed by atoms with Crippen LogP contribution in [0.5, 0.6) is 0 Å². The van der Waals surface area contributed by atoms with E-state index < -0.39 is 30.3 Å². The van der Waals surface area contributed by atoms with Crippen molar-refractivity contribution in [2.24, 2.45) is 5.73 Å². The van der Waals surface area contributed by atoms with Gasteiger partial charge in [-0.1, -0.05) is 6.07 Å². The lowest BCUT2D eigenvalue weighted by Gasteiger charge is -2.18. The maximum absolute atomic E-state index is 12.7. The van der Waals surface area contributed by atoms with Crippen LogP contribution in [-0.4, -0.2) is 12.7 Å². The van der Waals surface area contributed by atoms with Crippen LogP contribution in [0.25, 0.3) is 0 Å². The molecular formula is C9H8F5N. The molecule has 0 aliphatic heterocycles. The van der Waals surface area contributed by atoms with E-state index >= 15 is 0 Å². The lowest BCUT2D eigenvalue weighted by molar-refractivity contribution is -0.148. The smallest absolute Gasteiger partial charge is 0.330 e. The molecule has 0 bridgehead atoms. The van der Waals surface area contributed by atoms with Crippen LogP contribution in [0.3, 0.4) is 0 Å². The van der Waals surface area contributed by atoms with Crippen molar-refractivity contribution in [3.8, 4) is 0 Å². The summed E-state index contributed by atoms with van der Waals surface area (Å²) in [6.45, 7) is -0.700. The lowest BCUT2D eigenvalue weighted by Crippen LogP contribution is -2.28. The molecule has 1 unspecified atom stereocenters. The molecule has 1 aromatic rings. The van der Waals surface area contributed by atoms with Crippen molar-refractivity contribution in [1.29, 1.82) is 0 Å². The third kappa shape index (κ3) is 2.65. The minimum Gasteiger partial charge on any atom is -0.330 e. The zero-order chi connectivity index (χ0) is 11.6. The van der Waals surface area contributed by atoms with Gasteiger partial charge in [0.2, 0.25) is 0 Å². The summed E-state index contributed by atoms with van der Waals surface area (Å²) in [4.78, 5) is 0. The minimum atomic E-state index is -4.56. The fraction of sp³-hybridized carbons (Fsp3) is 0.333. The molecule has 15 heavy (non-hydrogen) atoms. The van der Waals surface area contributed by atoms with Crippen LogP contribution in [-0.2, 0) is 0 Å². The van der Waals surface area contributed by atoms with Crippen molar-refractivity contribution in [3.63, 3.8) is 0 Å². The summed E-state index contributed by atoms with van der Waals surface area (Å²) in [6, 6.07) is 2.04. The highest BCUT2D eigenvalue weighted by molar-refractivity contribution is 5.23. The van der Waals surface area contributed by atoms with Gasteiger partial charge in [0, 0.05) is 6.54 Å². The molecule has 1 nitrogen and oxygen atoms in total. The molecular weight excluding hydrogens is 217 g/mol. The number of halogens is 5. The zero-order valence-corrected chi connectivity index (χ0v) is 7.48. The number of hydrogen-bond acceptors (Lipinski definition) is 1. The Morgan fingerprint density at radius 1 is 1.13 bits per heavy atom. The highest BCUT2D eigenvalue weighted by atomic mass is 19.4. The number of hydrogen-bond donors (Lipinski definition) is 1. The lowest BCUT2D eigenvalue weighted by atomic mass is 9.98. The van der Waals surface area contributed by atoms with Gasteiger partial charge >= 0.3 is 6.18 Å². The average molecular weight is 225 g/mol. The molecule has 1 atom stereocenters. The Morgan fingerprint density at radius 3 is 2.13 bits per heavy atom. The molecule has 0 radical (unpaired) electrons. The van der Waals surface area contributed by atoms with Crippen LogP contribution < -0.4 is 5.73 Å². The van der Waals surface area contributed by atoms with Crippen molar-refractivity contribution in [2.45, 2.75) is 12.1 Å². The number of alkyl halides is 3. The fourth-order valence-electron chi connectivity index (χ4n) is 1.19. The predicted molar refractivity (Wildman–Crippen MR) is 44.2 cm³/mol. The van der Waals surface area contributed by atoms with Gasteiger partial charge in [0.1, 0.15) is 0 Å².